The van der Waals surface area contributed by atoms with Crippen molar-refractivity contribution in [1.29, 1.82) is 0 Å². The lowest BCUT2D eigenvalue weighted by Gasteiger charge is -2.24. The number of rotatable bonds is 6. The van der Waals surface area contributed by atoms with E-state index >= 15 is 0 Å². The molecule has 0 saturated carbocycles. The molecular formula is C21H25N5. The summed E-state index contributed by atoms with van der Waals surface area (Å²) in [5, 5.41) is 3.31. The average Bonchev–Trinajstić information content (AvgIpc) is 2.66. The highest BCUT2D eigenvalue weighted by Gasteiger charge is 2.15. The summed E-state index contributed by atoms with van der Waals surface area (Å²) in [4.78, 5) is 10.8. The van der Waals surface area contributed by atoms with Gasteiger partial charge in [-0.1, -0.05) is 44.2 Å². The highest BCUT2D eigenvalue weighted by molar-refractivity contribution is 5.81. The number of hydrogen-bond acceptors (Lipinski definition) is 5. The van der Waals surface area contributed by atoms with E-state index in [1.807, 2.05) is 42.5 Å². The number of nitrogens with two attached hydrogens (primary N) is 1. The van der Waals surface area contributed by atoms with Gasteiger partial charge >= 0.3 is 0 Å². The number of anilines is 5. The third-order valence-electron chi connectivity index (χ3n) is 4.34. The maximum absolute atomic E-state index is 6.39. The fraction of sp³-hybridized carbons (Fsp3) is 0.238. The van der Waals surface area contributed by atoms with Crippen LogP contribution in [0, 0.1) is 0 Å². The molecule has 1 aromatic heterocycles. The Kier molecular flexibility index (Phi) is 5.37. The summed E-state index contributed by atoms with van der Waals surface area (Å²) in [7, 11) is 0. The van der Waals surface area contributed by atoms with Crippen molar-refractivity contribution in [3.63, 3.8) is 0 Å². The highest BCUT2D eigenvalue weighted by atomic mass is 15.2. The molecule has 1 heterocycles. The maximum atomic E-state index is 6.39. The lowest BCUT2D eigenvalue weighted by atomic mass is 10.0. The van der Waals surface area contributed by atoms with Crippen LogP contribution in [0.5, 0.6) is 0 Å². The number of aromatic nitrogens is 2. The Labute approximate surface area is 154 Å². The molecule has 0 aliphatic heterocycles. The van der Waals surface area contributed by atoms with E-state index in [0.717, 1.165) is 17.9 Å². The van der Waals surface area contributed by atoms with Gasteiger partial charge in [-0.2, -0.15) is 0 Å². The molecule has 0 amide bonds. The molecule has 3 rings (SSSR count). The van der Waals surface area contributed by atoms with Crippen LogP contribution in [0.4, 0.5) is 28.7 Å². The molecular weight excluding hydrogens is 322 g/mol. The van der Waals surface area contributed by atoms with Crippen molar-refractivity contribution >= 4 is 28.7 Å². The lowest BCUT2D eigenvalue weighted by molar-refractivity contribution is 0.867. The first-order chi connectivity index (χ1) is 12.6. The van der Waals surface area contributed by atoms with Gasteiger partial charge in [-0.15, -0.1) is 0 Å². The van der Waals surface area contributed by atoms with Gasteiger partial charge in [0, 0.05) is 17.9 Å². The SMILES string of the molecule is CCN(c1ccccc1)c1ncnc(Nc2ccc(C(C)C)cc2)c1N. The molecule has 5 nitrogen and oxygen atoms in total. The molecule has 134 valence electrons. The fourth-order valence-corrected chi connectivity index (χ4v) is 2.85. The predicted octanol–water partition coefficient (Wildman–Crippen LogP) is 5.08. The van der Waals surface area contributed by atoms with Gasteiger partial charge in [-0.3, -0.25) is 0 Å². The third-order valence-corrected chi connectivity index (χ3v) is 4.34. The molecule has 0 aliphatic rings. The van der Waals surface area contributed by atoms with Crippen LogP contribution < -0.4 is 16.0 Å². The number of benzene rings is 2. The van der Waals surface area contributed by atoms with Gasteiger partial charge in [-0.05, 0) is 42.7 Å². The Morgan fingerprint density at radius 1 is 1.00 bits per heavy atom. The van der Waals surface area contributed by atoms with Crippen molar-refractivity contribution in [2.75, 3.05) is 22.5 Å². The van der Waals surface area contributed by atoms with Gasteiger partial charge in [0.2, 0.25) is 0 Å². The van der Waals surface area contributed by atoms with E-state index in [0.29, 0.717) is 23.2 Å². The van der Waals surface area contributed by atoms with E-state index in [-0.39, 0.29) is 0 Å². The predicted molar refractivity (Wildman–Crippen MR) is 109 cm³/mol. The zero-order valence-electron chi connectivity index (χ0n) is 15.5. The minimum Gasteiger partial charge on any atom is -0.393 e. The second kappa shape index (κ2) is 7.87. The molecule has 5 heteroatoms. The summed E-state index contributed by atoms with van der Waals surface area (Å²) >= 11 is 0. The van der Waals surface area contributed by atoms with E-state index in [2.05, 4.69) is 53.1 Å². The summed E-state index contributed by atoms with van der Waals surface area (Å²) in [6.45, 7) is 7.19. The van der Waals surface area contributed by atoms with Crippen LogP contribution in [-0.2, 0) is 0 Å². The topological polar surface area (TPSA) is 67.1 Å². The molecule has 0 radical (unpaired) electrons. The summed E-state index contributed by atoms with van der Waals surface area (Å²) in [5.74, 6) is 1.82. The van der Waals surface area contributed by atoms with Crippen LogP contribution in [0.1, 0.15) is 32.3 Å². The molecule has 3 N–H and O–H groups in total. The molecule has 0 unspecified atom stereocenters. The highest BCUT2D eigenvalue weighted by Crippen LogP contribution is 2.32. The van der Waals surface area contributed by atoms with Crippen molar-refractivity contribution in [1.82, 2.24) is 9.97 Å². The van der Waals surface area contributed by atoms with Crippen LogP contribution in [0.3, 0.4) is 0 Å². The molecule has 26 heavy (non-hydrogen) atoms. The van der Waals surface area contributed by atoms with Gasteiger partial charge < -0.3 is 16.0 Å². The van der Waals surface area contributed by atoms with Gasteiger partial charge in [0.05, 0.1) is 0 Å². The second-order valence-electron chi connectivity index (χ2n) is 6.44. The smallest absolute Gasteiger partial charge is 0.161 e. The minimum absolute atomic E-state index is 0.503. The van der Waals surface area contributed by atoms with Crippen molar-refractivity contribution < 1.29 is 0 Å². The van der Waals surface area contributed by atoms with Crippen LogP contribution >= 0.6 is 0 Å². The van der Waals surface area contributed by atoms with Gasteiger partial charge in [0.25, 0.3) is 0 Å². The fourth-order valence-electron chi connectivity index (χ4n) is 2.85. The second-order valence-corrected chi connectivity index (χ2v) is 6.44. The van der Waals surface area contributed by atoms with E-state index in [1.165, 1.54) is 5.56 Å². The summed E-state index contributed by atoms with van der Waals surface area (Å²) in [6, 6.07) is 18.4. The Morgan fingerprint density at radius 2 is 1.69 bits per heavy atom. The number of para-hydroxylation sites is 1. The third kappa shape index (κ3) is 3.77. The Hall–Kier alpha value is -3.08. The summed E-state index contributed by atoms with van der Waals surface area (Å²) in [6.07, 6.45) is 1.54. The molecule has 0 bridgehead atoms. The standard InChI is InChI=1S/C21H25N5/c1-4-26(18-8-6-5-7-9-18)21-19(22)20(23-14-24-21)25-17-12-10-16(11-13-17)15(2)3/h5-15H,4,22H2,1-3H3,(H,23,24,25). The van der Waals surface area contributed by atoms with Crippen molar-refractivity contribution in [2.24, 2.45) is 0 Å². The number of hydrogen-bond donors (Lipinski definition) is 2. The normalized spacial score (nSPS) is 10.8. The van der Waals surface area contributed by atoms with Crippen LogP contribution in [0.2, 0.25) is 0 Å². The quantitative estimate of drug-likeness (QED) is 0.650. The lowest BCUT2D eigenvalue weighted by Crippen LogP contribution is -2.19. The van der Waals surface area contributed by atoms with Crippen LogP contribution in [0.15, 0.2) is 60.9 Å². The molecule has 0 aliphatic carbocycles. The summed E-state index contributed by atoms with van der Waals surface area (Å²) < 4.78 is 0. The Bertz CT molecular complexity index is 844. The maximum Gasteiger partial charge on any atom is 0.161 e. The zero-order valence-corrected chi connectivity index (χ0v) is 15.5. The van der Waals surface area contributed by atoms with Gasteiger partial charge in [-0.25, -0.2) is 9.97 Å². The van der Waals surface area contributed by atoms with Gasteiger partial charge in [0.15, 0.2) is 11.6 Å². The zero-order chi connectivity index (χ0) is 18.5. The van der Waals surface area contributed by atoms with E-state index in [4.69, 9.17) is 5.73 Å². The average molecular weight is 347 g/mol. The molecule has 0 saturated heterocycles. The first-order valence-corrected chi connectivity index (χ1v) is 8.90. The van der Waals surface area contributed by atoms with Crippen molar-refractivity contribution in [3.8, 4) is 0 Å². The van der Waals surface area contributed by atoms with Crippen molar-refractivity contribution in [2.45, 2.75) is 26.7 Å². The van der Waals surface area contributed by atoms with Gasteiger partial charge in [0.1, 0.15) is 12.0 Å². The molecule has 0 fully saturated rings. The Morgan fingerprint density at radius 3 is 2.31 bits per heavy atom. The number of nitrogen functional groups attached to an aromatic ring is 1. The van der Waals surface area contributed by atoms with Crippen LogP contribution in [0.25, 0.3) is 0 Å². The van der Waals surface area contributed by atoms with E-state index in [1.54, 1.807) is 6.33 Å². The molecule has 0 spiro atoms. The van der Waals surface area contributed by atoms with Crippen molar-refractivity contribution in [3.05, 3.63) is 66.5 Å². The first kappa shape index (κ1) is 17.7. The minimum atomic E-state index is 0.503. The monoisotopic (exact) mass is 347 g/mol. The summed E-state index contributed by atoms with van der Waals surface area (Å²) in [5.41, 5.74) is 10.2. The Balaban J connectivity index is 1.89. The number of nitrogens with one attached hydrogen (secondary N) is 1. The van der Waals surface area contributed by atoms with E-state index < -0.39 is 0 Å². The first-order valence-electron chi connectivity index (χ1n) is 8.90. The van der Waals surface area contributed by atoms with E-state index in [9.17, 15) is 0 Å². The largest absolute Gasteiger partial charge is 0.393 e. The molecule has 3 aromatic rings. The molecule has 0 atom stereocenters. The molecule has 2 aromatic carbocycles. The number of nitrogens with zero attached hydrogens (tertiary/aromatic N) is 3. The van der Waals surface area contributed by atoms with Crippen LogP contribution in [-0.4, -0.2) is 16.5 Å².